The molecule has 1 unspecified atom stereocenters. The minimum atomic E-state index is -4.48. The minimum Gasteiger partial charge on any atom is -0.383 e. The first-order chi connectivity index (χ1) is 20.3. The van der Waals surface area contributed by atoms with Gasteiger partial charge in [-0.1, -0.05) is 32.1 Å². The Balaban J connectivity index is 1.65. The number of aryl methyl sites for hydroxylation is 1. The first-order valence-corrected chi connectivity index (χ1v) is 13.6. The molecule has 5 rings (SSSR count). The molecule has 1 atom stereocenters. The zero-order chi connectivity index (χ0) is 31.2. The van der Waals surface area contributed by atoms with Gasteiger partial charge in [0.05, 0.1) is 46.2 Å². The van der Waals surface area contributed by atoms with E-state index < -0.39 is 17.8 Å². The Labute approximate surface area is 246 Å². The van der Waals surface area contributed by atoms with Crippen LogP contribution in [0.15, 0.2) is 42.7 Å². The number of anilines is 2. The van der Waals surface area contributed by atoms with Crippen LogP contribution in [0.1, 0.15) is 73.2 Å². The van der Waals surface area contributed by atoms with Gasteiger partial charge in [-0.3, -0.25) is 4.98 Å². The van der Waals surface area contributed by atoms with Gasteiger partial charge in [0.1, 0.15) is 17.8 Å². The Morgan fingerprint density at radius 3 is 2.33 bits per heavy atom. The molecule has 2 N–H and O–H groups in total. The van der Waals surface area contributed by atoms with Crippen molar-refractivity contribution < 1.29 is 13.2 Å². The summed E-state index contributed by atoms with van der Waals surface area (Å²) in [5.74, 6) is 0. The fourth-order valence-corrected chi connectivity index (χ4v) is 5.03. The second-order valence-electron chi connectivity index (χ2n) is 12.0. The first-order valence-electron chi connectivity index (χ1n) is 13.6. The van der Waals surface area contributed by atoms with E-state index >= 15 is 0 Å². The number of halogens is 3. The largest absolute Gasteiger partial charge is 0.413 e. The summed E-state index contributed by atoms with van der Waals surface area (Å²) < 4.78 is 42.5. The van der Waals surface area contributed by atoms with Crippen LogP contribution in [0.2, 0.25) is 0 Å². The second kappa shape index (κ2) is 10.6. The number of fused-ring (bicyclic) bond motifs is 1. The lowest BCUT2D eigenvalue weighted by Crippen LogP contribution is -2.35. The Morgan fingerprint density at radius 1 is 1.02 bits per heavy atom. The number of pyridine rings is 1. The highest BCUT2D eigenvalue weighted by Gasteiger charge is 2.66. The normalized spacial score (nSPS) is 14.8. The summed E-state index contributed by atoms with van der Waals surface area (Å²) in [7, 11) is 0. The highest BCUT2D eigenvalue weighted by molar-refractivity contribution is 5.99. The van der Waals surface area contributed by atoms with E-state index in [9.17, 15) is 29.0 Å². The van der Waals surface area contributed by atoms with E-state index in [4.69, 9.17) is 0 Å². The standard InChI is InChI=1S/C31H28F3N9/c1-18-9-19(12-35)5-6-23(18)28(25-16-43(42-41-25)30(7-8-30)31(32,33)34)40-22-10-20(13-36)26-24(11-22)27(21(14-37)15-38-26)39-17-29(2,3)4/h5-6,9-11,15-16,28,40H,7-8,17H2,1-4H3,(H,38,39). The van der Waals surface area contributed by atoms with Crippen molar-refractivity contribution >= 4 is 22.3 Å². The van der Waals surface area contributed by atoms with Crippen LogP contribution in [0, 0.1) is 46.3 Å². The van der Waals surface area contributed by atoms with Crippen LogP contribution < -0.4 is 10.6 Å². The summed E-state index contributed by atoms with van der Waals surface area (Å²) >= 11 is 0. The van der Waals surface area contributed by atoms with E-state index in [0.717, 1.165) is 4.68 Å². The first kappa shape index (κ1) is 29.3. The van der Waals surface area contributed by atoms with Crippen LogP contribution in [-0.4, -0.2) is 32.7 Å². The van der Waals surface area contributed by atoms with E-state index in [0.29, 0.717) is 51.1 Å². The third kappa shape index (κ3) is 5.54. The van der Waals surface area contributed by atoms with Crippen molar-refractivity contribution in [2.75, 3.05) is 17.2 Å². The van der Waals surface area contributed by atoms with E-state index in [1.807, 2.05) is 20.8 Å². The minimum absolute atomic E-state index is 0.0813. The molecule has 1 aliphatic rings. The molecule has 12 heteroatoms. The molecule has 1 fully saturated rings. The van der Waals surface area contributed by atoms with Gasteiger partial charge < -0.3 is 10.6 Å². The van der Waals surface area contributed by atoms with Gasteiger partial charge in [0.25, 0.3) is 0 Å². The van der Waals surface area contributed by atoms with Crippen molar-refractivity contribution in [3.63, 3.8) is 0 Å². The lowest BCUT2D eigenvalue weighted by molar-refractivity contribution is -0.182. The summed E-state index contributed by atoms with van der Waals surface area (Å²) in [5.41, 5.74) is 1.79. The second-order valence-corrected chi connectivity index (χ2v) is 12.0. The molecule has 2 aromatic heterocycles. The average molecular weight is 584 g/mol. The Hall–Kier alpha value is -5.15. The lowest BCUT2D eigenvalue weighted by Gasteiger charge is -2.23. The Kier molecular flexibility index (Phi) is 7.23. The van der Waals surface area contributed by atoms with Gasteiger partial charge in [0.15, 0.2) is 5.54 Å². The number of hydrogen-bond donors (Lipinski definition) is 2. The molecule has 2 aromatic carbocycles. The molecular weight excluding hydrogens is 555 g/mol. The van der Waals surface area contributed by atoms with Crippen molar-refractivity contribution in [3.05, 3.63) is 76.2 Å². The average Bonchev–Trinajstić information content (AvgIpc) is 3.65. The molecule has 1 saturated carbocycles. The summed E-state index contributed by atoms with van der Waals surface area (Å²) in [5, 5.41) is 44.5. The molecule has 2 heterocycles. The molecule has 0 spiro atoms. The maximum Gasteiger partial charge on any atom is 0.413 e. The number of benzene rings is 2. The molecule has 0 aliphatic heterocycles. The van der Waals surface area contributed by atoms with Crippen LogP contribution in [0.5, 0.6) is 0 Å². The van der Waals surface area contributed by atoms with Gasteiger partial charge in [-0.05, 0) is 60.6 Å². The number of hydrogen-bond acceptors (Lipinski definition) is 8. The third-order valence-corrected chi connectivity index (χ3v) is 7.53. The Bertz CT molecular complexity index is 1840. The molecule has 43 heavy (non-hydrogen) atoms. The zero-order valence-corrected chi connectivity index (χ0v) is 24.0. The van der Waals surface area contributed by atoms with E-state index in [-0.39, 0.29) is 29.5 Å². The predicted molar refractivity (Wildman–Crippen MR) is 154 cm³/mol. The molecule has 9 nitrogen and oxygen atoms in total. The van der Waals surface area contributed by atoms with Crippen LogP contribution in [0.3, 0.4) is 0 Å². The zero-order valence-electron chi connectivity index (χ0n) is 24.0. The van der Waals surface area contributed by atoms with Crippen LogP contribution in [-0.2, 0) is 5.54 Å². The Morgan fingerprint density at radius 2 is 1.74 bits per heavy atom. The topological polar surface area (TPSA) is 139 Å². The van der Waals surface area contributed by atoms with Crippen molar-refractivity contribution in [1.82, 2.24) is 20.0 Å². The van der Waals surface area contributed by atoms with Crippen molar-refractivity contribution in [2.45, 2.75) is 58.3 Å². The van der Waals surface area contributed by atoms with Crippen LogP contribution in [0.25, 0.3) is 10.9 Å². The maximum atomic E-state index is 13.9. The van der Waals surface area contributed by atoms with Gasteiger partial charge in [-0.15, -0.1) is 5.10 Å². The number of nitrogens with zero attached hydrogens (tertiary/aromatic N) is 7. The summed E-state index contributed by atoms with van der Waals surface area (Å²) in [6, 6.07) is 14.0. The summed E-state index contributed by atoms with van der Waals surface area (Å²) in [4.78, 5) is 4.38. The summed E-state index contributed by atoms with van der Waals surface area (Å²) in [6.07, 6.45) is -1.91. The molecule has 0 amide bonds. The van der Waals surface area contributed by atoms with Crippen molar-refractivity contribution in [2.24, 2.45) is 5.41 Å². The number of nitrogens with one attached hydrogen (secondary N) is 2. The van der Waals surface area contributed by atoms with Crippen molar-refractivity contribution in [3.8, 4) is 18.2 Å². The lowest BCUT2D eigenvalue weighted by atomic mass is 9.95. The smallest absolute Gasteiger partial charge is 0.383 e. The van der Waals surface area contributed by atoms with Gasteiger partial charge in [-0.25, -0.2) is 4.68 Å². The highest BCUT2D eigenvalue weighted by Crippen LogP contribution is 2.55. The highest BCUT2D eigenvalue weighted by atomic mass is 19.4. The van der Waals surface area contributed by atoms with Crippen molar-refractivity contribution in [1.29, 1.82) is 15.8 Å². The number of aromatic nitrogens is 4. The number of nitriles is 3. The molecular formula is C31H28F3N9. The fourth-order valence-electron chi connectivity index (χ4n) is 5.03. The predicted octanol–water partition coefficient (Wildman–Crippen LogP) is 6.46. The van der Waals surface area contributed by atoms with Gasteiger partial charge in [-0.2, -0.15) is 29.0 Å². The molecule has 1 aliphatic carbocycles. The molecule has 0 bridgehead atoms. The van der Waals surface area contributed by atoms with Crippen LogP contribution >= 0.6 is 0 Å². The quantitative estimate of drug-likeness (QED) is 0.253. The van der Waals surface area contributed by atoms with Gasteiger partial charge >= 0.3 is 6.18 Å². The van der Waals surface area contributed by atoms with E-state index in [1.165, 1.54) is 12.4 Å². The molecule has 218 valence electrons. The molecule has 4 aromatic rings. The van der Waals surface area contributed by atoms with Gasteiger partial charge in [0.2, 0.25) is 0 Å². The fraction of sp³-hybridized carbons (Fsp3) is 0.355. The van der Waals surface area contributed by atoms with Gasteiger partial charge in [0, 0.05) is 23.8 Å². The monoisotopic (exact) mass is 583 g/mol. The third-order valence-electron chi connectivity index (χ3n) is 7.53. The van der Waals surface area contributed by atoms with Crippen LogP contribution in [0.4, 0.5) is 24.5 Å². The SMILES string of the molecule is Cc1cc(C#N)ccc1C(Nc1cc(C#N)c2ncc(C#N)c(NCC(C)(C)C)c2c1)c1cn(C2(C(F)(F)F)CC2)nn1. The molecule has 0 radical (unpaired) electrons. The number of alkyl halides is 3. The maximum absolute atomic E-state index is 13.9. The molecule has 0 saturated heterocycles. The van der Waals surface area contributed by atoms with E-state index in [1.54, 1.807) is 37.3 Å². The number of rotatable bonds is 7. The summed E-state index contributed by atoms with van der Waals surface area (Å²) in [6.45, 7) is 8.48. The van der Waals surface area contributed by atoms with E-state index in [2.05, 4.69) is 44.1 Å².